The molecule has 13 N–H and O–H groups in total. The lowest BCUT2D eigenvalue weighted by Crippen LogP contribution is -2.35. The number of nitrogens with one attached hydrogen (secondary N) is 2. The molecule has 0 aliphatic rings. The lowest BCUT2D eigenvalue weighted by Gasteiger charge is -2.16. The molecular weight excluding hydrogens is 502 g/mol. The summed E-state index contributed by atoms with van der Waals surface area (Å²) in [7, 11) is 0. The van der Waals surface area contributed by atoms with Gasteiger partial charge in [-0.05, 0) is 42.3 Å². The van der Waals surface area contributed by atoms with E-state index in [0.717, 1.165) is 5.56 Å². The van der Waals surface area contributed by atoms with Gasteiger partial charge < -0.3 is 39.1 Å². The number of rotatable bonds is 11. The van der Waals surface area contributed by atoms with E-state index in [4.69, 9.17) is 39.2 Å². The molecule has 3 aromatic rings. The predicted molar refractivity (Wildman–Crippen MR) is 148 cm³/mol. The maximum Gasteiger partial charge on any atom is 0.320 e. The number of carboxylic acids is 1. The van der Waals surface area contributed by atoms with Gasteiger partial charge in [-0.3, -0.25) is 24.6 Å². The molecule has 0 aliphatic carbocycles. The molecule has 2 amide bonds. The van der Waals surface area contributed by atoms with E-state index < -0.39 is 35.7 Å². The van der Waals surface area contributed by atoms with E-state index in [-0.39, 0.29) is 28.0 Å². The van der Waals surface area contributed by atoms with Gasteiger partial charge in [0, 0.05) is 23.1 Å². The molecule has 0 spiro atoms. The van der Waals surface area contributed by atoms with Crippen LogP contribution in [0.3, 0.4) is 0 Å². The molecule has 0 bridgehead atoms. The number of nitrogens with two attached hydrogens (primary N) is 5. The highest BCUT2D eigenvalue weighted by molar-refractivity contribution is 6.20. The number of hydrogen-bond acceptors (Lipinski definition) is 7. The number of primary amides is 2. The van der Waals surface area contributed by atoms with Crippen LogP contribution >= 0.6 is 0 Å². The zero-order valence-corrected chi connectivity index (χ0v) is 21.2. The second-order valence-electron chi connectivity index (χ2n) is 8.71. The largest absolute Gasteiger partial charge is 0.480 e. The molecule has 2 atom stereocenters. The Morgan fingerprint density at radius 2 is 1.49 bits per heavy atom. The van der Waals surface area contributed by atoms with E-state index in [9.17, 15) is 19.2 Å². The molecule has 0 saturated carbocycles. The van der Waals surface area contributed by atoms with Crippen molar-refractivity contribution in [2.75, 3.05) is 6.54 Å². The molecular formula is C27H33N7O5. The standard InChI is InChI=1S/C18H22N6O3.C9H11NO2/c19-12(5-2-8-24-18(22)23)15(25)10-7-6-9-3-1-4-11(16(20)26)13(9)14(10)17(21)27;10-8(9(11)12)6-7-4-2-1-3-5-7/h1,3-4,6-7,12H,2,5,8,19H2,(H2,20,26)(H2,21,27)(H4,22,23,24);1-5,8H,6,10H2,(H,11,12). The Kier molecular flexibility index (Phi) is 11.1. The number of carbonyl (C=O) groups is 4. The van der Waals surface area contributed by atoms with Crippen LogP contribution < -0.4 is 34.0 Å². The Morgan fingerprint density at radius 1 is 0.821 bits per heavy atom. The van der Waals surface area contributed by atoms with Crippen LogP contribution in [0.2, 0.25) is 0 Å². The summed E-state index contributed by atoms with van der Waals surface area (Å²) in [4.78, 5) is 47.0. The number of aliphatic carboxylic acids is 1. The Morgan fingerprint density at radius 3 is 2.05 bits per heavy atom. The van der Waals surface area contributed by atoms with Gasteiger partial charge in [0.25, 0.3) is 0 Å². The molecule has 39 heavy (non-hydrogen) atoms. The van der Waals surface area contributed by atoms with Crippen molar-refractivity contribution < 1.29 is 24.3 Å². The van der Waals surface area contributed by atoms with E-state index in [1.54, 1.807) is 18.2 Å². The minimum Gasteiger partial charge on any atom is -0.480 e. The highest BCUT2D eigenvalue weighted by Crippen LogP contribution is 2.27. The fourth-order valence-corrected chi connectivity index (χ4v) is 3.88. The van der Waals surface area contributed by atoms with Crippen LogP contribution in [0.1, 0.15) is 49.5 Å². The van der Waals surface area contributed by atoms with E-state index in [1.165, 1.54) is 12.1 Å². The van der Waals surface area contributed by atoms with Crippen LogP contribution in [0.25, 0.3) is 10.8 Å². The molecule has 206 valence electrons. The number of benzene rings is 3. The monoisotopic (exact) mass is 535 g/mol. The maximum atomic E-state index is 12.8. The molecule has 12 heteroatoms. The summed E-state index contributed by atoms with van der Waals surface area (Å²) < 4.78 is 0. The topological polar surface area (TPSA) is 254 Å². The summed E-state index contributed by atoms with van der Waals surface area (Å²) in [6.07, 6.45) is 1.20. The van der Waals surface area contributed by atoms with Gasteiger partial charge >= 0.3 is 5.97 Å². The first-order chi connectivity index (χ1) is 18.4. The first-order valence-electron chi connectivity index (χ1n) is 12.0. The number of carbonyl (C=O) groups excluding carboxylic acids is 3. The van der Waals surface area contributed by atoms with Crippen LogP contribution in [-0.4, -0.2) is 53.3 Å². The number of amides is 2. The van der Waals surface area contributed by atoms with Crippen molar-refractivity contribution >= 4 is 40.3 Å². The van der Waals surface area contributed by atoms with Gasteiger partial charge in [-0.1, -0.05) is 48.5 Å². The summed E-state index contributed by atoms with van der Waals surface area (Å²) in [6.45, 7) is 0.391. The quantitative estimate of drug-likeness (QED) is 0.0732. The van der Waals surface area contributed by atoms with Gasteiger partial charge in [0.2, 0.25) is 11.8 Å². The number of hydrogen-bond donors (Lipinski definition) is 8. The number of guanidine groups is 1. The van der Waals surface area contributed by atoms with Crippen molar-refractivity contribution in [3.05, 3.63) is 82.9 Å². The molecule has 3 aromatic carbocycles. The third kappa shape index (κ3) is 8.62. The second kappa shape index (κ2) is 14.2. The SMILES string of the molecule is N=C(N)NCCCC(N)C(=O)c1ccc2cccc(C(N)=O)c2c1C(N)=O.NC(Cc1ccccc1)C(=O)O. The van der Waals surface area contributed by atoms with Crippen molar-refractivity contribution in [3.63, 3.8) is 0 Å². The molecule has 3 rings (SSSR count). The third-order valence-corrected chi connectivity index (χ3v) is 5.78. The molecule has 12 nitrogen and oxygen atoms in total. The summed E-state index contributed by atoms with van der Waals surface area (Å²) in [5.74, 6) is -3.17. The minimum atomic E-state index is -0.959. The zero-order valence-electron chi connectivity index (χ0n) is 21.2. The van der Waals surface area contributed by atoms with E-state index in [0.29, 0.717) is 31.2 Å². The summed E-state index contributed by atoms with van der Waals surface area (Å²) in [5.41, 5.74) is 28.5. The average molecular weight is 536 g/mol. The van der Waals surface area contributed by atoms with Gasteiger partial charge in [-0.25, -0.2) is 0 Å². The fourth-order valence-electron chi connectivity index (χ4n) is 3.88. The molecule has 0 heterocycles. The van der Waals surface area contributed by atoms with Gasteiger partial charge in [-0.2, -0.15) is 0 Å². The average Bonchev–Trinajstić information content (AvgIpc) is 2.90. The summed E-state index contributed by atoms with van der Waals surface area (Å²) >= 11 is 0. The van der Waals surface area contributed by atoms with Crippen LogP contribution in [0.5, 0.6) is 0 Å². The lowest BCUT2D eigenvalue weighted by molar-refractivity contribution is -0.138. The number of fused-ring (bicyclic) bond motifs is 1. The van der Waals surface area contributed by atoms with Crippen molar-refractivity contribution in [2.45, 2.75) is 31.3 Å². The number of ketones is 1. The maximum absolute atomic E-state index is 12.8. The third-order valence-electron chi connectivity index (χ3n) is 5.78. The number of carboxylic acid groups (broad SMARTS) is 1. The normalized spacial score (nSPS) is 11.9. The van der Waals surface area contributed by atoms with Crippen LogP contribution in [-0.2, 0) is 11.2 Å². The van der Waals surface area contributed by atoms with Gasteiger partial charge in [-0.15, -0.1) is 0 Å². The molecule has 0 saturated heterocycles. The number of Topliss-reactive ketones (excluding diaryl/α,β-unsaturated/α-hetero) is 1. The Balaban J connectivity index is 0.000000370. The van der Waals surface area contributed by atoms with Crippen molar-refractivity contribution in [2.24, 2.45) is 28.7 Å². The van der Waals surface area contributed by atoms with Gasteiger partial charge in [0.1, 0.15) is 6.04 Å². The predicted octanol–water partition coefficient (Wildman–Crippen LogP) is 0.452. The van der Waals surface area contributed by atoms with Crippen molar-refractivity contribution in [1.82, 2.24) is 5.32 Å². The van der Waals surface area contributed by atoms with Crippen LogP contribution in [0, 0.1) is 5.41 Å². The Bertz CT molecular complexity index is 1360. The molecule has 2 unspecified atom stereocenters. The van der Waals surface area contributed by atoms with Crippen LogP contribution in [0.15, 0.2) is 60.7 Å². The summed E-state index contributed by atoms with van der Waals surface area (Å²) in [6, 6.07) is 15.5. The lowest BCUT2D eigenvalue weighted by atomic mass is 9.90. The highest BCUT2D eigenvalue weighted by atomic mass is 16.4. The fraction of sp³-hybridized carbons (Fsp3) is 0.222. The first kappa shape index (κ1) is 30.4. The minimum absolute atomic E-state index is 0.0516. The molecule has 0 fully saturated rings. The van der Waals surface area contributed by atoms with Gasteiger partial charge in [0.15, 0.2) is 11.7 Å². The van der Waals surface area contributed by atoms with Crippen molar-refractivity contribution in [3.8, 4) is 0 Å². The first-order valence-corrected chi connectivity index (χ1v) is 12.0. The smallest absolute Gasteiger partial charge is 0.320 e. The second-order valence-corrected chi connectivity index (χ2v) is 8.71. The van der Waals surface area contributed by atoms with Crippen molar-refractivity contribution in [1.29, 1.82) is 5.41 Å². The van der Waals surface area contributed by atoms with E-state index in [1.807, 2.05) is 30.3 Å². The zero-order chi connectivity index (χ0) is 29.1. The summed E-state index contributed by atoms with van der Waals surface area (Å²) in [5, 5.41) is 19.0. The highest BCUT2D eigenvalue weighted by Gasteiger charge is 2.25. The van der Waals surface area contributed by atoms with Gasteiger partial charge in [0.05, 0.1) is 11.6 Å². The van der Waals surface area contributed by atoms with E-state index >= 15 is 0 Å². The molecule has 0 aromatic heterocycles. The molecule has 0 radical (unpaired) electrons. The van der Waals surface area contributed by atoms with E-state index in [2.05, 4.69) is 5.32 Å². The molecule has 0 aliphatic heterocycles. The van der Waals surface area contributed by atoms with Crippen LogP contribution in [0.4, 0.5) is 0 Å². The Hall–Kier alpha value is -4.81. The Labute approximate surface area is 225 Å².